The second-order valence-electron chi connectivity index (χ2n) is 6.21. The molecule has 4 rings (SSSR count). The summed E-state index contributed by atoms with van der Waals surface area (Å²) in [5.41, 5.74) is 2.81. The quantitative estimate of drug-likeness (QED) is 0.689. The molecule has 1 aliphatic heterocycles. The molecule has 3 aromatic rings. The molecular weight excluding hydrogens is 378 g/mol. The number of aromatic nitrogens is 1. The zero-order valence-electron chi connectivity index (χ0n) is 15.0. The number of thiazole rings is 1. The third-order valence-electron chi connectivity index (χ3n) is 4.17. The van der Waals surface area contributed by atoms with Gasteiger partial charge in [0, 0.05) is 16.6 Å². The number of ether oxygens (including phenoxy) is 2. The molecule has 0 radical (unpaired) electrons. The van der Waals surface area contributed by atoms with Crippen LogP contribution in [0.2, 0.25) is 0 Å². The molecule has 8 heteroatoms. The lowest BCUT2D eigenvalue weighted by Gasteiger charge is -2.06. The molecule has 2 heterocycles. The van der Waals surface area contributed by atoms with Crippen LogP contribution in [0.15, 0.2) is 47.8 Å². The van der Waals surface area contributed by atoms with E-state index in [1.165, 1.54) is 11.3 Å². The Morgan fingerprint density at radius 1 is 1.11 bits per heavy atom. The number of nitrogens with one attached hydrogen (secondary N) is 2. The van der Waals surface area contributed by atoms with Crippen molar-refractivity contribution >= 4 is 34.0 Å². The summed E-state index contributed by atoms with van der Waals surface area (Å²) in [7, 11) is 0. The van der Waals surface area contributed by atoms with Crippen molar-refractivity contribution in [3.63, 3.8) is 0 Å². The van der Waals surface area contributed by atoms with Crippen molar-refractivity contribution in [2.45, 2.75) is 13.3 Å². The van der Waals surface area contributed by atoms with Crippen LogP contribution in [-0.4, -0.2) is 23.6 Å². The van der Waals surface area contributed by atoms with Crippen LogP contribution < -0.4 is 20.1 Å². The highest BCUT2D eigenvalue weighted by molar-refractivity contribution is 7.14. The first-order valence-electron chi connectivity index (χ1n) is 8.59. The number of carbonyl (C=O) groups excluding carboxylic acids is 2. The van der Waals surface area contributed by atoms with Gasteiger partial charge in [0.15, 0.2) is 16.6 Å². The van der Waals surface area contributed by atoms with E-state index in [0.717, 1.165) is 11.3 Å². The predicted octanol–water partition coefficient (Wildman–Crippen LogP) is 3.61. The van der Waals surface area contributed by atoms with Gasteiger partial charge < -0.3 is 14.8 Å². The number of carbonyl (C=O) groups is 2. The molecule has 0 saturated heterocycles. The lowest BCUT2D eigenvalue weighted by atomic mass is 10.2. The number of fused-ring (bicyclic) bond motifs is 1. The fourth-order valence-electron chi connectivity index (χ4n) is 2.72. The lowest BCUT2D eigenvalue weighted by Crippen LogP contribution is -2.15. The molecule has 2 aromatic carbocycles. The van der Waals surface area contributed by atoms with E-state index < -0.39 is 0 Å². The van der Waals surface area contributed by atoms with E-state index in [-0.39, 0.29) is 25.0 Å². The second-order valence-corrected chi connectivity index (χ2v) is 7.06. The van der Waals surface area contributed by atoms with E-state index in [0.29, 0.717) is 27.9 Å². The first-order valence-corrected chi connectivity index (χ1v) is 9.47. The van der Waals surface area contributed by atoms with E-state index in [2.05, 4.69) is 15.6 Å². The second kappa shape index (κ2) is 7.69. The van der Waals surface area contributed by atoms with Gasteiger partial charge in [0.05, 0.1) is 12.1 Å². The largest absolute Gasteiger partial charge is 0.454 e. The predicted molar refractivity (Wildman–Crippen MR) is 106 cm³/mol. The Balaban J connectivity index is 1.37. The first kappa shape index (κ1) is 18.0. The highest BCUT2D eigenvalue weighted by Crippen LogP contribution is 2.32. The fraction of sp³-hybridized carbons (Fsp3) is 0.150. The van der Waals surface area contributed by atoms with Crippen molar-refractivity contribution in [2.75, 3.05) is 17.4 Å². The monoisotopic (exact) mass is 395 g/mol. The summed E-state index contributed by atoms with van der Waals surface area (Å²) in [6, 6.07) is 12.6. The van der Waals surface area contributed by atoms with Gasteiger partial charge in [-0.1, -0.05) is 18.2 Å². The van der Waals surface area contributed by atoms with Crippen molar-refractivity contribution in [3.05, 3.63) is 64.7 Å². The zero-order chi connectivity index (χ0) is 19.5. The van der Waals surface area contributed by atoms with Gasteiger partial charge in [-0.05, 0) is 36.8 Å². The summed E-state index contributed by atoms with van der Waals surface area (Å²) >= 11 is 1.27. The molecule has 7 nitrogen and oxygen atoms in total. The lowest BCUT2D eigenvalue weighted by molar-refractivity contribution is -0.115. The number of amides is 2. The Hall–Kier alpha value is -3.39. The van der Waals surface area contributed by atoms with Crippen molar-refractivity contribution < 1.29 is 19.1 Å². The van der Waals surface area contributed by atoms with E-state index in [4.69, 9.17) is 9.47 Å². The number of hydrogen-bond donors (Lipinski definition) is 2. The summed E-state index contributed by atoms with van der Waals surface area (Å²) in [6.45, 7) is 2.09. The normalized spacial score (nSPS) is 11.9. The number of benzene rings is 2. The number of rotatable bonds is 5. The highest BCUT2D eigenvalue weighted by Gasteiger charge is 2.17. The minimum absolute atomic E-state index is 0.130. The SMILES string of the molecule is Cc1ccccc1NC(=O)Cc1csc(NC(=O)c2ccc3c(c2)OCO3)n1. The summed E-state index contributed by atoms with van der Waals surface area (Å²) in [5.74, 6) is 0.699. The third kappa shape index (κ3) is 3.96. The van der Waals surface area contributed by atoms with Crippen LogP contribution in [-0.2, 0) is 11.2 Å². The first-order chi connectivity index (χ1) is 13.6. The van der Waals surface area contributed by atoms with Gasteiger partial charge in [0.25, 0.3) is 5.91 Å². The van der Waals surface area contributed by atoms with Gasteiger partial charge in [0.1, 0.15) is 0 Å². The van der Waals surface area contributed by atoms with E-state index in [1.807, 2.05) is 31.2 Å². The summed E-state index contributed by atoms with van der Waals surface area (Å²) in [4.78, 5) is 29.0. The maximum atomic E-state index is 12.4. The van der Waals surface area contributed by atoms with Crippen LogP contribution in [0.5, 0.6) is 11.5 Å². The Kier molecular flexibility index (Phi) is 4.94. The van der Waals surface area contributed by atoms with Crippen LogP contribution in [0.1, 0.15) is 21.6 Å². The molecule has 142 valence electrons. The fourth-order valence-corrected chi connectivity index (χ4v) is 3.43. The van der Waals surface area contributed by atoms with Crippen LogP contribution in [0, 0.1) is 6.92 Å². The van der Waals surface area contributed by atoms with Crippen molar-refractivity contribution in [1.29, 1.82) is 0 Å². The Morgan fingerprint density at radius 3 is 2.79 bits per heavy atom. The van der Waals surface area contributed by atoms with Crippen molar-refractivity contribution in [2.24, 2.45) is 0 Å². The molecule has 0 spiro atoms. The molecule has 28 heavy (non-hydrogen) atoms. The molecule has 0 bridgehead atoms. The molecule has 1 aliphatic rings. The number of nitrogens with zero attached hydrogens (tertiary/aromatic N) is 1. The van der Waals surface area contributed by atoms with Crippen LogP contribution in [0.25, 0.3) is 0 Å². The molecule has 0 saturated carbocycles. The molecule has 2 amide bonds. The van der Waals surface area contributed by atoms with Crippen molar-refractivity contribution in [1.82, 2.24) is 4.98 Å². The van der Waals surface area contributed by atoms with Crippen LogP contribution in [0.4, 0.5) is 10.8 Å². The van der Waals surface area contributed by atoms with E-state index >= 15 is 0 Å². The summed E-state index contributed by atoms with van der Waals surface area (Å²) < 4.78 is 10.5. The van der Waals surface area contributed by atoms with E-state index in [1.54, 1.807) is 23.6 Å². The van der Waals surface area contributed by atoms with Gasteiger partial charge in [0.2, 0.25) is 12.7 Å². The number of hydrogen-bond acceptors (Lipinski definition) is 6. The average molecular weight is 395 g/mol. The molecule has 0 aliphatic carbocycles. The Labute approximate surface area is 165 Å². The maximum Gasteiger partial charge on any atom is 0.257 e. The van der Waals surface area contributed by atoms with Crippen LogP contribution in [0.3, 0.4) is 0 Å². The third-order valence-corrected chi connectivity index (χ3v) is 4.97. The standard InChI is InChI=1S/C20H17N3O4S/c1-12-4-2-3-5-15(12)22-18(24)9-14-10-28-20(21-14)23-19(25)13-6-7-16-17(8-13)27-11-26-16/h2-8,10H,9,11H2,1H3,(H,22,24)(H,21,23,25). The molecular formula is C20H17N3O4S. The average Bonchev–Trinajstić information content (AvgIpc) is 3.32. The zero-order valence-corrected chi connectivity index (χ0v) is 15.8. The van der Waals surface area contributed by atoms with E-state index in [9.17, 15) is 9.59 Å². The number of aryl methyl sites for hydroxylation is 1. The van der Waals surface area contributed by atoms with Crippen LogP contribution >= 0.6 is 11.3 Å². The maximum absolute atomic E-state index is 12.4. The number of para-hydroxylation sites is 1. The molecule has 2 N–H and O–H groups in total. The molecule has 0 fully saturated rings. The van der Waals surface area contributed by atoms with Gasteiger partial charge in [-0.2, -0.15) is 0 Å². The minimum Gasteiger partial charge on any atom is -0.454 e. The smallest absolute Gasteiger partial charge is 0.257 e. The summed E-state index contributed by atoms with van der Waals surface area (Å²) in [6.07, 6.45) is 0.130. The molecule has 1 aromatic heterocycles. The van der Waals surface area contributed by atoms with Crippen molar-refractivity contribution in [3.8, 4) is 11.5 Å². The summed E-state index contributed by atoms with van der Waals surface area (Å²) in [5, 5.41) is 7.80. The highest BCUT2D eigenvalue weighted by atomic mass is 32.1. The Bertz CT molecular complexity index is 1050. The topological polar surface area (TPSA) is 89.6 Å². The Morgan fingerprint density at radius 2 is 1.93 bits per heavy atom. The molecule has 0 atom stereocenters. The minimum atomic E-state index is -0.302. The van der Waals surface area contributed by atoms with Gasteiger partial charge in [-0.25, -0.2) is 4.98 Å². The number of anilines is 2. The molecule has 0 unspecified atom stereocenters. The van der Waals surface area contributed by atoms with Gasteiger partial charge in [-0.15, -0.1) is 11.3 Å². The van der Waals surface area contributed by atoms with Gasteiger partial charge in [-0.3, -0.25) is 14.9 Å². The van der Waals surface area contributed by atoms with Gasteiger partial charge >= 0.3 is 0 Å².